The van der Waals surface area contributed by atoms with Gasteiger partial charge in [-0.05, 0) is 42.0 Å². The Hall–Kier alpha value is -4.69. The maximum Gasteiger partial charge on any atom is 0.195 e. The third-order valence-electron chi connectivity index (χ3n) is 6.68. The van der Waals surface area contributed by atoms with Crippen molar-refractivity contribution in [3.63, 3.8) is 0 Å². The van der Waals surface area contributed by atoms with Crippen LogP contribution in [0.2, 0.25) is 0 Å². The molecule has 0 radical (unpaired) electrons. The summed E-state index contributed by atoms with van der Waals surface area (Å²) in [6.07, 6.45) is 3.19. The molecule has 1 fully saturated rings. The molecule has 8 nitrogen and oxygen atoms in total. The quantitative estimate of drug-likeness (QED) is 0.244. The number of carbonyl (C=O) groups is 1. The van der Waals surface area contributed by atoms with Gasteiger partial charge in [0, 0.05) is 48.5 Å². The molecule has 38 heavy (non-hydrogen) atoms. The third-order valence-corrected chi connectivity index (χ3v) is 6.68. The molecule has 1 aliphatic rings. The topological polar surface area (TPSA) is 95.2 Å². The van der Waals surface area contributed by atoms with Crippen LogP contribution < -0.4 is 15.5 Å². The summed E-state index contributed by atoms with van der Waals surface area (Å²) in [6.45, 7) is 4.08. The Kier molecular flexibility index (Phi) is 6.70. The fourth-order valence-electron chi connectivity index (χ4n) is 4.69. The summed E-state index contributed by atoms with van der Waals surface area (Å²) in [5, 5.41) is 7.57. The zero-order valence-electron chi connectivity index (χ0n) is 20.9. The highest BCUT2D eigenvalue weighted by Crippen LogP contribution is 2.28. The maximum absolute atomic E-state index is 13.2. The van der Waals surface area contributed by atoms with Gasteiger partial charge in [0.2, 0.25) is 0 Å². The van der Waals surface area contributed by atoms with Crippen molar-refractivity contribution in [3.8, 4) is 0 Å². The first-order chi connectivity index (χ1) is 18.7. The van der Waals surface area contributed by atoms with Gasteiger partial charge in [-0.2, -0.15) is 0 Å². The summed E-state index contributed by atoms with van der Waals surface area (Å²) in [5.74, 6) is 0.506. The van der Waals surface area contributed by atoms with E-state index >= 15 is 0 Å². The van der Waals surface area contributed by atoms with Crippen LogP contribution in [0.15, 0.2) is 91.4 Å². The number of aromatic nitrogens is 3. The Bertz CT molecular complexity index is 1540. The van der Waals surface area contributed by atoms with Crippen LogP contribution in [0.1, 0.15) is 21.5 Å². The Morgan fingerprint density at radius 1 is 0.921 bits per heavy atom. The van der Waals surface area contributed by atoms with E-state index in [-0.39, 0.29) is 5.78 Å². The average molecular weight is 505 g/mol. The van der Waals surface area contributed by atoms with Crippen LogP contribution in [0.4, 0.5) is 22.9 Å². The average Bonchev–Trinajstić information content (AvgIpc) is 3.42. The molecule has 1 saturated heterocycles. The maximum atomic E-state index is 13.2. The van der Waals surface area contributed by atoms with Crippen LogP contribution in [0.5, 0.6) is 0 Å². The van der Waals surface area contributed by atoms with E-state index in [4.69, 9.17) is 4.74 Å². The van der Waals surface area contributed by atoms with E-state index in [9.17, 15) is 4.79 Å². The largest absolute Gasteiger partial charge is 0.381 e. The lowest BCUT2D eigenvalue weighted by Crippen LogP contribution is -2.36. The van der Waals surface area contributed by atoms with Gasteiger partial charge in [0.05, 0.1) is 24.2 Å². The first-order valence-electron chi connectivity index (χ1n) is 12.7. The summed E-state index contributed by atoms with van der Waals surface area (Å²) in [6, 6.07) is 25.9. The number of nitrogens with one attached hydrogen (secondary N) is 3. The number of rotatable bonds is 8. The van der Waals surface area contributed by atoms with Gasteiger partial charge in [0.25, 0.3) is 0 Å². The fraction of sp³-hybridized carbons (Fsp3) is 0.167. The standard InChI is InChI=1S/C30H28N6O2/c37-28(22-6-2-1-3-7-22)26-19-32-29-27(26)30(34-20-33-29)35-24-8-4-5-21(17-24)18-31-23-9-11-25(12-10-23)36-13-15-38-16-14-36/h1-12,17,19-20,31H,13-16,18H2,(H2,32,33,34,35). The van der Waals surface area contributed by atoms with Crippen molar-refractivity contribution in [2.24, 2.45) is 0 Å². The molecule has 0 atom stereocenters. The van der Waals surface area contributed by atoms with E-state index in [1.54, 1.807) is 6.20 Å². The van der Waals surface area contributed by atoms with Crippen molar-refractivity contribution >= 4 is 39.7 Å². The molecule has 0 aliphatic carbocycles. The molecule has 3 heterocycles. The number of aromatic amines is 1. The Balaban J connectivity index is 1.17. The number of ether oxygens (including phenoxy) is 1. The molecule has 3 aromatic carbocycles. The van der Waals surface area contributed by atoms with Gasteiger partial charge in [-0.3, -0.25) is 4.79 Å². The third kappa shape index (κ3) is 5.07. The molecule has 6 rings (SSSR count). The second-order valence-electron chi connectivity index (χ2n) is 9.17. The molecule has 0 spiro atoms. The van der Waals surface area contributed by atoms with Crippen molar-refractivity contribution in [1.29, 1.82) is 0 Å². The van der Waals surface area contributed by atoms with Gasteiger partial charge in [-0.25, -0.2) is 9.97 Å². The van der Waals surface area contributed by atoms with Gasteiger partial charge >= 0.3 is 0 Å². The highest BCUT2D eigenvalue weighted by molar-refractivity contribution is 6.18. The number of ketones is 1. The first kappa shape index (κ1) is 23.7. The van der Waals surface area contributed by atoms with E-state index in [1.807, 2.05) is 42.5 Å². The number of hydrogen-bond acceptors (Lipinski definition) is 7. The second-order valence-corrected chi connectivity index (χ2v) is 9.17. The van der Waals surface area contributed by atoms with E-state index in [0.717, 1.165) is 43.2 Å². The SMILES string of the molecule is O=C(c1ccccc1)c1c[nH]c2ncnc(Nc3cccc(CNc4ccc(N5CCOCC5)cc4)c3)c12. The predicted molar refractivity (Wildman–Crippen MR) is 150 cm³/mol. The number of carbonyl (C=O) groups excluding carboxylic acids is 1. The lowest BCUT2D eigenvalue weighted by atomic mass is 10.0. The molecule has 0 unspecified atom stereocenters. The van der Waals surface area contributed by atoms with Crippen molar-refractivity contribution in [2.45, 2.75) is 6.54 Å². The van der Waals surface area contributed by atoms with E-state index in [0.29, 0.717) is 34.5 Å². The summed E-state index contributed by atoms with van der Waals surface area (Å²) < 4.78 is 5.45. The summed E-state index contributed by atoms with van der Waals surface area (Å²) in [4.78, 5) is 27.4. The molecular weight excluding hydrogens is 476 g/mol. The molecule has 0 bridgehead atoms. The molecule has 190 valence electrons. The van der Waals surface area contributed by atoms with Crippen LogP contribution in [-0.2, 0) is 11.3 Å². The number of benzene rings is 3. The van der Waals surface area contributed by atoms with Crippen molar-refractivity contribution in [2.75, 3.05) is 41.8 Å². The Morgan fingerprint density at radius 3 is 2.55 bits per heavy atom. The van der Waals surface area contributed by atoms with Crippen LogP contribution >= 0.6 is 0 Å². The Morgan fingerprint density at radius 2 is 1.74 bits per heavy atom. The predicted octanol–water partition coefficient (Wildman–Crippen LogP) is 5.38. The molecular formula is C30H28N6O2. The number of fused-ring (bicyclic) bond motifs is 1. The highest BCUT2D eigenvalue weighted by Gasteiger charge is 2.18. The van der Waals surface area contributed by atoms with Gasteiger partial charge in [-0.1, -0.05) is 42.5 Å². The number of hydrogen-bond donors (Lipinski definition) is 3. The molecule has 0 saturated carbocycles. The van der Waals surface area contributed by atoms with Crippen molar-refractivity contribution in [1.82, 2.24) is 15.0 Å². The molecule has 3 N–H and O–H groups in total. The van der Waals surface area contributed by atoms with Crippen LogP contribution in [0, 0.1) is 0 Å². The molecule has 8 heteroatoms. The number of H-pyrrole nitrogens is 1. The van der Waals surface area contributed by atoms with Crippen molar-refractivity contribution in [3.05, 3.63) is 108 Å². The second kappa shape index (κ2) is 10.7. The minimum atomic E-state index is -0.0766. The molecule has 0 amide bonds. The number of morpholine rings is 1. The lowest BCUT2D eigenvalue weighted by molar-refractivity contribution is 0.104. The number of anilines is 4. The van der Waals surface area contributed by atoms with E-state index in [2.05, 4.69) is 66.9 Å². The van der Waals surface area contributed by atoms with Gasteiger partial charge in [-0.15, -0.1) is 0 Å². The van der Waals surface area contributed by atoms with Gasteiger partial charge in [0.1, 0.15) is 17.8 Å². The smallest absolute Gasteiger partial charge is 0.195 e. The molecule has 1 aliphatic heterocycles. The minimum Gasteiger partial charge on any atom is -0.381 e. The summed E-state index contributed by atoms with van der Waals surface area (Å²) in [5.41, 5.74) is 6.05. The van der Waals surface area contributed by atoms with Gasteiger partial charge < -0.3 is 25.3 Å². The highest BCUT2D eigenvalue weighted by atomic mass is 16.5. The Labute approximate surface area is 220 Å². The van der Waals surface area contributed by atoms with Crippen LogP contribution in [0.25, 0.3) is 11.0 Å². The van der Waals surface area contributed by atoms with Crippen molar-refractivity contribution < 1.29 is 9.53 Å². The summed E-state index contributed by atoms with van der Waals surface area (Å²) >= 11 is 0. The zero-order valence-corrected chi connectivity index (χ0v) is 20.9. The minimum absolute atomic E-state index is 0.0766. The first-order valence-corrected chi connectivity index (χ1v) is 12.7. The normalized spacial score (nSPS) is 13.4. The van der Waals surface area contributed by atoms with E-state index < -0.39 is 0 Å². The molecule has 2 aromatic heterocycles. The van der Waals surface area contributed by atoms with Crippen LogP contribution in [0.3, 0.4) is 0 Å². The monoisotopic (exact) mass is 504 g/mol. The van der Waals surface area contributed by atoms with Crippen LogP contribution in [-0.4, -0.2) is 47.0 Å². The number of nitrogens with zero attached hydrogens (tertiary/aromatic N) is 3. The van der Waals surface area contributed by atoms with E-state index in [1.165, 1.54) is 12.0 Å². The fourth-order valence-corrected chi connectivity index (χ4v) is 4.69. The lowest BCUT2D eigenvalue weighted by Gasteiger charge is -2.28. The zero-order chi connectivity index (χ0) is 25.7. The summed E-state index contributed by atoms with van der Waals surface area (Å²) in [7, 11) is 0. The van der Waals surface area contributed by atoms with Gasteiger partial charge in [0.15, 0.2) is 5.78 Å². The molecule has 5 aromatic rings.